The summed E-state index contributed by atoms with van der Waals surface area (Å²) < 4.78 is 1.10. The first-order valence-corrected chi connectivity index (χ1v) is 5.02. The summed E-state index contributed by atoms with van der Waals surface area (Å²) in [5, 5.41) is 9.05. The molecule has 1 amide bonds. The second-order valence-corrected chi connectivity index (χ2v) is 3.88. The van der Waals surface area contributed by atoms with Gasteiger partial charge in [0.1, 0.15) is 6.04 Å². The first-order valence-electron chi connectivity index (χ1n) is 5.02. The fourth-order valence-electron chi connectivity index (χ4n) is 1.83. The van der Waals surface area contributed by atoms with Crippen LogP contribution in [0.25, 0.3) is 0 Å². The monoisotopic (exact) mass is 238 g/mol. The zero-order valence-corrected chi connectivity index (χ0v) is 9.85. The largest absolute Gasteiger partial charge is 0.478 e. The second-order valence-electron chi connectivity index (χ2n) is 3.88. The SMILES string of the molecule is Cc1cc(=O)n(C(C)C(N)=O)c(C)c1C(=O)O. The van der Waals surface area contributed by atoms with Gasteiger partial charge in [-0.3, -0.25) is 14.2 Å². The van der Waals surface area contributed by atoms with Gasteiger partial charge in [0, 0.05) is 11.8 Å². The summed E-state index contributed by atoms with van der Waals surface area (Å²) in [5.74, 6) is -1.82. The van der Waals surface area contributed by atoms with Crippen LogP contribution in [0.4, 0.5) is 0 Å². The highest BCUT2D eigenvalue weighted by Gasteiger charge is 2.21. The number of carboxylic acids is 1. The third kappa shape index (κ3) is 2.20. The molecular weight excluding hydrogens is 224 g/mol. The van der Waals surface area contributed by atoms with Gasteiger partial charge in [0.05, 0.1) is 5.56 Å². The van der Waals surface area contributed by atoms with Crippen LogP contribution in [-0.4, -0.2) is 21.6 Å². The lowest BCUT2D eigenvalue weighted by atomic mass is 10.1. The van der Waals surface area contributed by atoms with Crippen LogP contribution in [0.3, 0.4) is 0 Å². The number of aryl methyl sites for hydroxylation is 1. The highest BCUT2D eigenvalue weighted by atomic mass is 16.4. The van der Waals surface area contributed by atoms with Gasteiger partial charge in [-0.1, -0.05) is 0 Å². The number of carboxylic acid groups (broad SMARTS) is 1. The standard InChI is InChI=1S/C11H14N2O4/c1-5-4-8(14)13(7(3)10(12)15)6(2)9(5)11(16)17/h4,7H,1-3H3,(H2,12,15)(H,16,17). The number of hydrogen-bond acceptors (Lipinski definition) is 3. The summed E-state index contributed by atoms with van der Waals surface area (Å²) in [7, 11) is 0. The Kier molecular flexibility index (Phi) is 3.36. The Morgan fingerprint density at radius 2 is 1.94 bits per heavy atom. The van der Waals surface area contributed by atoms with Crippen LogP contribution in [0, 0.1) is 13.8 Å². The average Bonchev–Trinajstić information content (AvgIpc) is 2.15. The Bertz CT molecular complexity index is 545. The molecular formula is C11H14N2O4. The third-order valence-corrected chi connectivity index (χ3v) is 2.71. The Hall–Kier alpha value is -2.11. The Balaban J connectivity index is 3.63. The maximum Gasteiger partial charge on any atom is 0.337 e. The number of hydrogen-bond donors (Lipinski definition) is 2. The number of carbonyl (C=O) groups is 2. The van der Waals surface area contributed by atoms with Gasteiger partial charge in [0.2, 0.25) is 5.91 Å². The van der Waals surface area contributed by atoms with E-state index in [1.165, 1.54) is 26.8 Å². The predicted octanol–water partition coefficient (Wildman–Crippen LogP) is 0.210. The van der Waals surface area contributed by atoms with Crippen molar-refractivity contribution in [2.75, 3.05) is 0 Å². The van der Waals surface area contributed by atoms with E-state index in [9.17, 15) is 14.4 Å². The molecule has 0 aliphatic rings. The first kappa shape index (κ1) is 13.0. The first-order chi connectivity index (χ1) is 7.77. The molecule has 0 bridgehead atoms. The van der Waals surface area contributed by atoms with Gasteiger partial charge in [-0.15, -0.1) is 0 Å². The molecule has 1 aromatic rings. The van der Waals surface area contributed by atoms with Gasteiger partial charge < -0.3 is 10.8 Å². The summed E-state index contributed by atoms with van der Waals surface area (Å²) in [5.41, 5.74) is 5.31. The minimum atomic E-state index is -1.13. The van der Waals surface area contributed by atoms with Gasteiger partial charge in [0.15, 0.2) is 0 Å². The Morgan fingerprint density at radius 3 is 2.35 bits per heavy atom. The van der Waals surface area contributed by atoms with Crippen molar-refractivity contribution >= 4 is 11.9 Å². The third-order valence-electron chi connectivity index (χ3n) is 2.71. The van der Waals surface area contributed by atoms with Crippen molar-refractivity contribution in [3.8, 4) is 0 Å². The molecule has 1 atom stereocenters. The quantitative estimate of drug-likeness (QED) is 0.785. The van der Waals surface area contributed by atoms with Crippen molar-refractivity contribution in [1.29, 1.82) is 0 Å². The number of aromatic carboxylic acids is 1. The van der Waals surface area contributed by atoms with Crippen molar-refractivity contribution in [2.45, 2.75) is 26.8 Å². The molecule has 0 spiro atoms. The van der Waals surface area contributed by atoms with E-state index < -0.39 is 23.5 Å². The lowest BCUT2D eigenvalue weighted by Crippen LogP contribution is -2.34. The molecule has 0 aromatic carbocycles. The molecule has 0 aliphatic heterocycles. The molecule has 3 N–H and O–H groups in total. The Morgan fingerprint density at radius 1 is 1.41 bits per heavy atom. The van der Waals surface area contributed by atoms with Gasteiger partial charge in [-0.05, 0) is 26.3 Å². The Labute approximate surface area is 97.7 Å². The summed E-state index contributed by atoms with van der Waals surface area (Å²) in [6.45, 7) is 4.48. The maximum absolute atomic E-state index is 11.7. The zero-order valence-electron chi connectivity index (χ0n) is 9.85. The molecule has 1 unspecified atom stereocenters. The number of carbonyl (C=O) groups excluding carboxylic acids is 1. The number of pyridine rings is 1. The fraction of sp³-hybridized carbons (Fsp3) is 0.364. The van der Waals surface area contributed by atoms with Crippen molar-refractivity contribution in [2.24, 2.45) is 5.73 Å². The van der Waals surface area contributed by atoms with E-state index in [-0.39, 0.29) is 11.3 Å². The van der Waals surface area contributed by atoms with Gasteiger partial charge in [0.25, 0.3) is 5.56 Å². The van der Waals surface area contributed by atoms with Crippen LogP contribution in [0.5, 0.6) is 0 Å². The van der Waals surface area contributed by atoms with Crippen molar-refractivity contribution in [1.82, 2.24) is 4.57 Å². The van der Waals surface area contributed by atoms with Crippen molar-refractivity contribution in [3.63, 3.8) is 0 Å². The number of amides is 1. The molecule has 1 aromatic heterocycles. The van der Waals surface area contributed by atoms with Crippen molar-refractivity contribution < 1.29 is 14.7 Å². The summed E-state index contributed by atoms with van der Waals surface area (Å²) in [4.78, 5) is 33.9. The molecule has 6 heteroatoms. The van der Waals surface area contributed by atoms with E-state index in [2.05, 4.69) is 0 Å². The van der Waals surface area contributed by atoms with Crippen LogP contribution in [0.15, 0.2) is 10.9 Å². The molecule has 0 fully saturated rings. The minimum Gasteiger partial charge on any atom is -0.478 e. The van der Waals surface area contributed by atoms with Crippen LogP contribution in [0.1, 0.15) is 34.6 Å². The van der Waals surface area contributed by atoms with E-state index in [1.807, 2.05) is 0 Å². The molecule has 0 saturated carbocycles. The highest BCUT2D eigenvalue weighted by Crippen LogP contribution is 2.14. The normalized spacial score (nSPS) is 12.2. The lowest BCUT2D eigenvalue weighted by molar-refractivity contribution is -0.120. The van der Waals surface area contributed by atoms with Gasteiger partial charge in [-0.25, -0.2) is 4.79 Å². The molecule has 92 valence electrons. The molecule has 0 saturated heterocycles. The van der Waals surface area contributed by atoms with Crippen molar-refractivity contribution in [3.05, 3.63) is 33.2 Å². The molecule has 17 heavy (non-hydrogen) atoms. The topological polar surface area (TPSA) is 102 Å². The average molecular weight is 238 g/mol. The van der Waals surface area contributed by atoms with E-state index in [0.29, 0.717) is 5.56 Å². The number of nitrogens with zero attached hydrogens (tertiary/aromatic N) is 1. The summed E-state index contributed by atoms with van der Waals surface area (Å²) in [6, 6.07) is 0.316. The zero-order chi connectivity index (χ0) is 13.3. The smallest absolute Gasteiger partial charge is 0.337 e. The second kappa shape index (κ2) is 4.40. The van der Waals surface area contributed by atoms with E-state index >= 15 is 0 Å². The summed E-state index contributed by atoms with van der Waals surface area (Å²) >= 11 is 0. The molecule has 0 radical (unpaired) electrons. The molecule has 1 rings (SSSR count). The number of primary amides is 1. The van der Waals surface area contributed by atoms with E-state index in [0.717, 1.165) is 4.57 Å². The van der Waals surface area contributed by atoms with Gasteiger partial charge in [-0.2, -0.15) is 0 Å². The lowest BCUT2D eigenvalue weighted by Gasteiger charge is -2.17. The van der Waals surface area contributed by atoms with Crippen LogP contribution in [-0.2, 0) is 4.79 Å². The fourth-order valence-corrected chi connectivity index (χ4v) is 1.83. The van der Waals surface area contributed by atoms with Crippen LogP contribution < -0.4 is 11.3 Å². The summed E-state index contributed by atoms with van der Waals surface area (Å²) in [6.07, 6.45) is 0. The predicted molar refractivity (Wildman–Crippen MR) is 61.0 cm³/mol. The molecule has 1 heterocycles. The molecule has 0 aliphatic carbocycles. The van der Waals surface area contributed by atoms with E-state index in [4.69, 9.17) is 10.8 Å². The number of nitrogens with two attached hydrogens (primary N) is 1. The molecule has 6 nitrogen and oxygen atoms in total. The number of rotatable bonds is 3. The minimum absolute atomic E-state index is 0.0256. The van der Waals surface area contributed by atoms with Crippen LogP contribution in [0.2, 0.25) is 0 Å². The van der Waals surface area contributed by atoms with Gasteiger partial charge >= 0.3 is 5.97 Å². The van der Waals surface area contributed by atoms with Crippen LogP contribution >= 0.6 is 0 Å². The highest BCUT2D eigenvalue weighted by molar-refractivity contribution is 5.90. The van der Waals surface area contributed by atoms with E-state index in [1.54, 1.807) is 0 Å². The maximum atomic E-state index is 11.7. The number of aromatic nitrogens is 1.